The summed E-state index contributed by atoms with van der Waals surface area (Å²) < 4.78 is 26.6. The van der Waals surface area contributed by atoms with Gasteiger partial charge in [-0.05, 0) is 33.6 Å². The van der Waals surface area contributed by atoms with Crippen LogP contribution in [0.5, 0.6) is 0 Å². The number of aromatic amines is 1. The van der Waals surface area contributed by atoms with E-state index in [1.54, 1.807) is 6.92 Å². The summed E-state index contributed by atoms with van der Waals surface area (Å²) in [5, 5.41) is 15.7. The lowest BCUT2D eigenvalue weighted by molar-refractivity contribution is 0.273. The molecule has 0 radical (unpaired) electrons. The fourth-order valence-electron chi connectivity index (χ4n) is 2.46. The highest BCUT2D eigenvalue weighted by Crippen LogP contribution is 2.34. The monoisotopic (exact) mass is 273 g/mol. The number of H-pyrrole nitrogens is 1. The van der Waals surface area contributed by atoms with Gasteiger partial charge < -0.3 is 5.11 Å². The molecule has 7 heteroatoms. The van der Waals surface area contributed by atoms with Crippen molar-refractivity contribution in [3.05, 3.63) is 11.3 Å². The first-order valence-corrected chi connectivity index (χ1v) is 7.42. The molecule has 1 aliphatic rings. The largest absolute Gasteiger partial charge is 0.392 e. The number of hydrogen-bond donors (Lipinski definition) is 2. The lowest BCUT2D eigenvalue weighted by Gasteiger charge is -2.29. The van der Waals surface area contributed by atoms with E-state index in [0.717, 1.165) is 12.8 Å². The van der Waals surface area contributed by atoms with Crippen LogP contribution in [0.4, 0.5) is 0 Å². The van der Waals surface area contributed by atoms with Gasteiger partial charge in [0.1, 0.15) is 0 Å². The van der Waals surface area contributed by atoms with E-state index >= 15 is 0 Å². The predicted octanol–water partition coefficient (Wildman–Crippen LogP) is 0.774. The number of aliphatic hydroxyl groups is 1. The van der Waals surface area contributed by atoms with E-state index in [-0.39, 0.29) is 11.6 Å². The maximum atomic E-state index is 12.6. The van der Waals surface area contributed by atoms with Crippen LogP contribution in [0.25, 0.3) is 0 Å². The Balaban J connectivity index is 2.49. The first-order chi connectivity index (χ1) is 8.30. The summed E-state index contributed by atoms with van der Waals surface area (Å²) in [6.45, 7) is 5.70. The van der Waals surface area contributed by atoms with Crippen molar-refractivity contribution in [1.29, 1.82) is 0 Å². The quantitative estimate of drug-likeness (QED) is 0.852. The van der Waals surface area contributed by atoms with Gasteiger partial charge in [0.05, 0.1) is 6.61 Å². The van der Waals surface area contributed by atoms with Gasteiger partial charge in [-0.3, -0.25) is 5.10 Å². The SMILES string of the molecule is Cc1[nH]nc(S(=O)(=O)N2CCCC2(C)C)c1CO. The van der Waals surface area contributed by atoms with Gasteiger partial charge in [0.15, 0.2) is 5.03 Å². The molecule has 0 spiro atoms. The molecule has 1 aromatic heterocycles. The second-order valence-corrected chi connectivity index (χ2v) is 7.06. The minimum Gasteiger partial charge on any atom is -0.392 e. The molecule has 1 aliphatic heterocycles. The summed E-state index contributed by atoms with van der Waals surface area (Å²) in [7, 11) is -3.64. The Kier molecular flexibility index (Phi) is 3.25. The predicted molar refractivity (Wildman–Crippen MR) is 66.5 cm³/mol. The van der Waals surface area contributed by atoms with E-state index < -0.39 is 15.6 Å². The van der Waals surface area contributed by atoms with Gasteiger partial charge in [-0.25, -0.2) is 8.42 Å². The van der Waals surface area contributed by atoms with Crippen molar-refractivity contribution < 1.29 is 13.5 Å². The van der Waals surface area contributed by atoms with Crippen LogP contribution in [0.1, 0.15) is 37.9 Å². The molecule has 1 aromatic rings. The van der Waals surface area contributed by atoms with Crippen molar-refractivity contribution in [2.45, 2.75) is 50.8 Å². The number of nitrogens with zero attached hydrogens (tertiary/aromatic N) is 2. The summed E-state index contributed by atoms with van der Waals surface area (Å²) in [4.78, 5) is 0. The lowest BCUT2D eigenvalue weighted by Crippen LogP contribution is -2.42. The van der Waals surface area contributed by atoms with Crippen molar-refractivity contribution in [3.63, 3.8) is 0 Å². The van der Waals surface area contributed by atoms with Crippen LogP contribution >= 0.6 is 0 Å². The van der Waals surface area contributed by atoms with Crippen molar-refractivity contribution in [1.82, 2.24) is 14.5 Å². The average molecular weight is 273 g/mol. The molecule has 6 nitrogen and oxygen atoms in total. The van der Waals surface area contributed by atoms with Crippen molar-refractivity contribution in [3.8, 4) is 0 Å². The smallest absolute Gasteiger partial charge is 0.263 e. The molecule has 1 fully saturated rings. The number of aromatic nitrogens is 2. The summed E-state index contributed by atoms with van der Waals surface area (Å²) in [6, 6.07) is 0. The van der Waals surface area contributed by atoms with Gasteiger partial charge in [0.2, 0.25) is 0 Å². The molecular weight excluding hydrogens is 254 g/mol. The highest BCUT2D eigenvalue weighted by molar-refractivity contribution is 7.89. The molecule has 0 unspecified atom stereocenters. The second-order valence-electron chi connectivity index (χ2n) is 5.28. The zero-order chi connectivity index (χ0) is 13.6. The molecule has 0 amide bonds. The number of rotatable bonds is 3. The van der Waals surface area contributed by atoms with Gasteiger partial charge >= 0.3 is 0 Å². The molecular formula is C11H19N3O3S. The standard InChI is InChI=1S/C11H19N3O3S/c1-8-9(7-15)10(13-12-8)18(16,17)14-6-4-5-11(14,2)3/h15H,4-7H2,1-3H3,(H,12,13). The highest BCUT2D eigenvalue weighted by atomic mass is 32.2. The van der Waals surface area contributed by atoms with E-state index in [0.29, 0.717) is 17.8 Å². The zero-order valence-electron chi connectivity index (χ0n) is 10.9. The van der Waals surface area contributed by atoms with E-state index in [9.17, 15) is 13.5 Å². The molecule has 1 saturated heterocycles. The molecule has 18 heavy (non-hydrogen) atoms. The Bertz CT molecular complexity index is 548. The topological polar surface area (TPSA) is 86.3 Å². The van der Waals surface area contributed by atoms with Gasteiger partial charge in [-0.15, -0.1) is 0 Å². The Labute approximate surface area is 107 Å². The van der Waals surface area contributed by atoms with Crippen LogP contribution < -0.4 is 0 Å². The van der Waals surface area contributed by atoms with Crippen molar-refractivity contribution in [2.24, 2.45) is 0 Å². The summed E-state index contributed by atoms with van der Waals surface area (Å²) >= 11 is 0. The normalized spacial score (nSPS) is 20.4. The fourth-order valence-corrected chi connectivity index (χ4v) is 4.47. The van der Waals surface area contributed by atoms with Gasteiger partial charge in [0, 0.05) is 23.3 Å². The Morgan fingerprint density at radius 1 is 1.50 bits per heavy atom. The first-order valence-electron chi connectivity index (χ1n) is 5.98. The lowest BCUT2D eigenvalue weighted by atomic mass is 10.0. The average Bonchev–Trinajstić information content (AvgIpc) is 2.81. The third-order valence-corrected chi connectivity index (χ3v) is 5.64. The first kappa shape index (κ1) is 13.5. The zero-order valence-corrected chi connectivity index (χ0v) is 11.7. The number of sulfonamides is 1. The van der Waals surface area contributed by atoms with Crippen LogP contribution in [0.2, 0.25) is 0 Å². The van der Waals surface area contributed by atoms with Crippen LogP contribution in [-0.2, 0) is 16.6 Å². The molecule has 102 valence electrons. The number of hydrogen-bond acceptors (Lipinski definition) is 4. The number of aryl methyl sites for hydroxylation is 1. The third kappa shape index (κ3) is 1.96. The van der Waals surface area contributed by atoms with Gasteiger partial charge in [-0.2, -0.15) is 9.40 Å². The fraction of sp³-hybridized carbons (Fsp3) is 0.727. The Morgan fingerprint density at radius 2 is 2.17 bits per heavy atom. The molecule has 0 aromatic carbocycles. The van der Waals surface area contributed by atoms with E-state index in [4.69, 9.17) is 0 Å². The molecule has 0 saturated carbocycles. The summed E-state index contributed by atoms with van der Waals surface area (Å²) in [5.41, 5.74) is 0.559. The minimum absolute atomic E-state index is 0.0440. The van der Waals surface area contributed by atoms with Crippen LogP contribution in [-0.4, -0.2) is 40.1 Å². The van der Waals surface area contributed by atoms with E-state index in [1.165, 1.54) is 4.31 Å². The maximum absolute atomic E-state index is 12.6. The van der Waals surface area contributed by atoms with E-state index in [1.807, 2.05) is 13.8 Å². The third-order valence-electron chi connectivity index (χ3n) is 3.55. The van der Waals surface area contributed by atoms with Gasteiger partial charge in [-0.1, -0.05) is 0 Å². The molecule has 0 aliphatic carbocycles. The van der Waals surface area contributed by atoms with Crippen LogP contribution in [0.15, 0.2) is 5.03 Å². The summed E-state index contributed by atoms with van der Waals surface area (Å²) in [5.74, 6) is 0. The Hall–Kier alpha value is -0.920. The number of nitrogens with one attached hydrogen (secondary N) is 1. The van der Waals surface area contributed by atoms with Crippen LogP contribution in [0, 0.1) is 6.92 Å². The van der Waals surface area contributed by atoms with Crippen molar-refractivity contribution in [2.75, 3.05) is 6.54 Å². The second kappa shape index (κ2) is 4.32. The van der Waals surface area contributed by atoms with Crippen LogP contribution in [0.3, 0.4) is 0 Å². The molecule has 0 bridgehead atoms. The maximum Gasteiger partial charge on any atom is 0.263 e. The Morgan fingerprint density at radius 3 is 2.67 bits per heavy atom. The summed E-state index contributed by atoms with van der Waals surface area (Å²) in [6.07, 6.45) is 1.69. The molecule has 2 heterocycles. The molecule has 0 atom stereocenters. The minimum atomic E-state index is -3.64. The highest BCUT2D eigenvalue weighted by Gasteiger charge is 2.42. The molecule has 2 N–H and O–H groups in total. The van der Waals surface area contributed by atoms with E-state index in [2.05, 4.69) is 10.2 Å². The molecule has 2 rings (SSSR count). The number of aliphatic hydroxyl groups excluding tert-OH is 1. The van der Waals surface area contributed by atoms with Crippen molar-refractivity contribution >= 4 is 10.0 Å². The van der Waals surface area contributed by atoms with Gasteiger partial charge in [0.25, 0.3) is 10.0 Å².